The maximum absolute atomic E-state index is 8.88. The molecule has 0 unspecified atom stereocenters. The topological polar surface area (TPSA) is 48.7 Å². The molecule has 0 aliphatic heterocycles. The van der Waals surface area contributed by atoms with Crippen LogP contribution in [0, 0.1) is 11.3 Å². The van der Waals surface area contributed by atoms with Crippen molar-refractivity contribution in [3.05, 3.63) is 40.2 Å². The van der Waals surface area contributed by atoms with Gasteiger partial charge in [-0.05, 0) is 25.1 Å². The van der Waals surface area contributed by atoms with E-state index in [0.29, 0.717) is 5.56 Å². The number of hydrogen-bond donors (Lipinski definition) is 1. The number of nitrogens with one attached hydrogen (secondary N) is 1. The molecule has 1 heterocycles. The maximum Gasteiger partial charge on any atom is 0.107 e. The Kier molecular flexibility index (Phi) is 4.46. The fourth-order valence-electron chi connectivity index (χ4n) is 1.64. The van der Waals surface area contributed by atoms with Crippen LogP contribution in [0.25, 0.3) is 11.3 Å². The summed E-state index contributed by atoms with van der Waals surface area (Å²) in [5.74, 6) is 0. The highest BCUT2D eigenvalue weighted by Gasteiger charge is 2.04. The summed E-state index contributed by atoms with van der Waals surface area (Å²) in [7, 11) is 0. The Morgan fingerprint density at radius 3 is 3.11 bits per heavy atom. The van der Waals surface area contributed by atoms with Crippen molar-refractivity contribution in [2.75, 3.05) is 6.54 Å². The molecule has 0 atom stereocenters. The largest absolute Gasteiger partial charge is 0.310 e. The number of hydrogen-bond acceptors (Lipinski definition) is 4. The summed E-state index contributed by atoms with van der Waals surface area (Å²) >= 11 is 1.65. The molecule has 3 nitrogen and oxygen atoms in total. The van der Waals surface area contributed by atoms with Crippen molar-refractivity contribution in [3.63, 3.8) is 0 Å². The first kappa shape index (κ1) is 12.7. The van der Waals surface area contributed by atoms with Crippen molar-refractivity contribution < 1.29 is 0 Å². The molecule has 0 saturated carbocycles. The van der Waals surface area contributed by atoms with E-state index >= 15 is 0 Å². The normalized spacial score (nSPS) is 10.2. The molecule has 0 aliphatic carbocycles. The monoisotopic (exact) mass is 257 g/mol. The lowest BCUT2D eigenvalue weighted by Crippen LogP contribution is -2.13. The lowest BCUT2D eigenvalue weighted by Gasteiger charge is -1.99. The number of nitriles is 1. The van der Waals surface area contributed by atoms with Crippen LogP contribution in [0.1, 0.15) is 23.9 Å². The van der Waals surface area contributed by atoms with Gasteiger partial charge < -0.3 is 5.32 Å². The molecule has 0 bridgehead atoms. The van der Waals surface area contributed by atoms with Gasteiger partial charge in [0.15, 0.2) is 0 Å². The molecule has 0 amide bonds. The second-order valence-electron chi connectivity index (χ2n) is 4.00. The summed E-state index contributed by atoms with van der Waals surface area (Å²) in [6.45, 7) is 3.98. The van der Waals surface area contributed by atoms with Crippen molar-refractivity contribution in [1.29, 1.82) is 5.26 Å². The van der Waals surface area contributed by atoms with E-state index in [9.17, 15) is 0 Å². The Balaban J connectivity index is 2.11. The van der Waals surface area contributed by atoms with E-state index in [2.05, 4.69) is 23.3 Å². The van der Waals surface area contributed by atoms with E-state index < -0.39 is 0 Å². The maximum atomic E-state index is 8.88. The molecular formula is C14H15N3S. The van der Waals surface area contributed by atoms with Crippen molar-refractivity contribution in [2.24, 2.45) is 0 Å². The Morgan fingerprint density at radius 2 is 2.33 bits per heavy atom. The first-order valence-electron chi connectivity index (χ1n) is 5.99. The van der Waals surface area contributed by atoms with Crippen LogP contribution >= 0.6 is 11.3 Å². The van der Waals surface area contributed by atoms with Crippen LogP contribution in [-0.2, 0) is 6.54 Å². The molecule has 18 heavy (non-hydrogen) atoms. The standard InChI is InChI=1S/C14H15N3S/c1-2-6-16-9-14-17-13(10-18-14)12-5-3-4-11(7-12)8-15/h3-5,7,10,16H,2,6,9H2,1H3. The van der Waals surface area contributed by atoms with Crippen molar-refractivity contribution in [1.82, 2.24) is 10.3 Å². The molecule has 0 radical (unpaired) electrons. The Hall–Kier alpha value is -1.70. The zero-order valence-corrected chi connectivity index (χ0v) is 11.1. The number of rotatable bonds is 5. The summed E-state index contributed by atoms with van der Waals surface area (Å²) in [4.78, 5) is 4.57. The number of nitrogens with zero attached hydrogens (tertiary/aromatic N) is 2. The third-order valence-corrected chi connectivity index (χ3v) is 3.39. The SMILES string of the molecule is CCCNCc1nc(-c2cccc(C#N)c2)cs1. The van der Waals surface area contributed by atoms with Gasteiger partial charge in [-0.15, -0.1) is 11.3 Å². The minimum absolute atomic E-state index is 0.672. The molecule has 2 rings (SSSR count). The number of thiazole rings is 1. The van der Waals surface area contributed by atoms with Gasteiger partial charge in [0.05, 0.1) is 17.3 Å². The van der Waals surface area contributed by atoms with Crippen LogP contribution in [0.15, 0.2) is 29.6 Å². The van der Waals surface area contributed by atoms with Gasteiger partial charge in [0.1, 0.15) is 5.01 Å². The van der Waals surface area contributed by atoms with Gasteiger partial charge >= 0.3 is 0 Å². The van der Waals surface area contributed by atoms with Crippen LogP contribution < -0.4 is 5.32 Å². The summed E-state index contributed by atoms with van der Waals surface area (Å²) in [5, 5.41) is 15.3. The molecule has 92 valence electrons. The molecule has 0 saturated heterocycles. The predicted octanol–water partition coefficient (Wildman–Crippen LogP) is 3.18. The highest BCUT2D eigenvalue weighted by Crippen LogP contribution is 2.22. The van der Waals surface area contributed by atoms with Gasteiger partial charge in [0.2, 0.25) is 0 Å². The second-order valence-corrected chi connectivity index (χ2v) is 4.94. The zero-order chi connectivity index (χ0) is 12.8. The summed E-state index contributed by atoms with van der Waals surface area (Å²) in [5.41, 5.74) is 2.63. The van der Waals surface area contributed by atoms with E-state index in [4.69, 9.17) is 5.26 Å². The van der Waals surface area contributed by atoms with Gasteiger partial charge in [-0.3, -0.25) is 0 Å². The second kappa shape index (κ2) is 6.29. The average Bonchev–Trinajstić information content (AvgIpc) is 2.88. The first-order valence-corrected chi connectivity index (χ1v) is 6.87. The van der Waals surface area contributed by atoms with Crippen molar-refractivity contribution >= 4 is 11.3 Å². The Morgan fingerprint density at radius 1 is 1.44 bits per heavy atom. The van der Waals surface area contributed by atoms with E-state index in [0.717, 1.165) is 35.8 Å². The predicted molar refractivity (Wildman–Crippen MR) is 74.3 cm³/mol. The van der Waals surface area contributed by atoms with Gasteiger partial charge in [0, 0.05) is 17.5 Å². The minimum Gasteiger partial charge on any atom is -0.310 e. The van der Waals surface area contributed by atoms with E-state index in [-0.39, 0.29) is 0 Å². The Labute approximate surface area is 111 Å². The van der Waals surface area contributed by atoms with Gasteiger partial charge in [-0.1, -0.05) is 19.1 Å². The van der Waals surface area contributed by atoms with Gasteiger partial charge in [-0.2, -0.15) is 5.26 Å². The molecule has 0 aliphatic rings. The van der Waals surface area contributed by atoms with Crippen LogP contribution in [0.4, 0.5) is 0 Å². The third-order valence-electron chi connectivity index (χ3n) is 2.54. The summed E-state index contributed by atoms with van der Waals surface area (Å²) < 4.78 is 0. The highest BCUT2D eigenvalue weighted by molar-refractivity contribution is 7.09. The zero-order valence-electron chi connectivity index (χ0n) is 10.3. The van der Waals surface area contributed by atoms with E-state index in [1.54, 1.807) is 17.4 Å². The quantitative estimate of drug-likeness (QED) is 0.837. The average molecular weight is 257 g/mol. The number of aromatic nitrogens is 1. The third kappa shape index (κ3) is 3.16. The fourth-order valence-corrected chi connectivity index (χ4v) is 2.42. The van der Waals surface area contributed by atoms with Gasteiger partial charge in [-0.25, -0.2) is 4.98 Å². The molecule has 0 fully saturated rings. The fraction of sp³-hybridized carbons (Fsp3) is 0.286. The molecule has 1 aromatic heterocycles. The summed E-state index contributed by atoms with van der Waals surface area (Å²) in [6, 6.07) is 9.70. The first-order chi connectivity index (χ1) is 8.83. The minimum atomic E-state index is 0.672. The van der Waals surface area contributed by atoms with Crippen molar-refractivity contribution in [2.45, 2.75) is 19.9 Å². The summed E-state index contributed by atoms with van der Waals surface area (Å²) in [6.07, 6.45) is 1.13. The lowest BCUT2D eigenvalue weighted by atomic mass is 10.1. The van der Waals surface area contributed by atoms with Crippen LogP contribution in [0.3, 0.4) is 0 Å². The molecule has 4 heteroatoms. The Bertz CT molecular complexity index is 554. The molecular weight excluding hydrogens is 242 g/mol. The number of benzene rings is 1. The molecule has 1 aromatic carbocycles. The lowest BCUT2D eigenvalue weighted by molar-refractivity contribution is 0.673. The molecule has 0 spiro atoms. The van der Waals surface area contributed by atoms with Crippen LogP contribution in [0.5, 0.6) is 0 Å². The molecule has 2 aromatic rings. The smallest absolute Gasteiger partial charge is 0.107 e. The van der Waals surface area contributed by atoms with Crippen molar-refractivity contribution in [3.8, 4) is 17.3 Å². The van der Waals surface area contributed by atoms with E-state index in [1.807, 2.05) is 23.6 Å². The van der Waals surface area contributed by atoms with Crippen LogP contribution in [-0.4, -0.2) is 11.5 Å². The van der Waals surface area contributed by atoms with Gasteiger partial charge in [0.25, 0.3) is 0 Å². The van der Waals surface area contributed by atoms with Crippen LogP contribution in [0.2, 0.25) is 0 Å². The molecule has 1 N–H and O–H groups in total. The van der Waals surface area contributed by atoms with E-state index in [1.165, 1.54) is 0 Å². The highest BCUT2D eigenvalue weighted by atomic mass is 32.1.